The molecule has 0 aliphatic heterocycles. The van der Waals surface area contributed by atoms with Gasteiger partial charge in [-0.3, -0.25) is 0 Å². The lowest BCUT2D eigenvalue weighted by Gasteiger charge is -2.22. The number of fused-ring (bicyclic) bond motifs is 9. The van der Waals surface area contributed by atoms with Gasteiger partial charge in [-0.05, 0) is 96.9 Å². The van der Waals surface area contributed by atoms with E-state index in [1.165, 1.54) is 60.2 Å². The third-order valence-electron chi connectivity index (χ3n) is 8.95. The first kappa shape index (κ1) is 22.7. The van der Waals surface area contributed by atoms with Crippen LogP contribution < -0.4 is 0 Å². The van der Waals surface area contributed by atoms with Gasteiger partial charge in [0, 0.05) is 16.7 Å². The van der Waals surface area contributed by atoms with E-state index in [9.17, 15) is 0 Å². The van der Waals surface area contributed by atoms with Gasteiger partial charge in [-0.25, -0.2) is 0 Å². The molecule has 41 heavy (non-hydrogen) atoms. The number of hydrogen-bond acceptors (Lipinski definition) is 1. The predicted octanol–water partition coefficient (Wildman–Crippen LogP) is 11.2. The van der Waals surface area contributed by atoms with Crippen LogP contribution in [0.1, 0.15) is 12.0 Å². The topological polar surface area (TPSA) is 13.1 Å². The van der Waals surface area contributed by atoms with Gasteiger partial charge in [0.2, 0.25) is 0 Å². The molecule has 6 aromatic carbocycles. The van der Waals surface area contributed by atoms with E-state index in [-0.39, 0.29) is 0 Å². The molecule has 0 radical (unpaired) electrons. The maximum Gasteiger partial charge on any atom is 0.135 e. The Morgan fingerprint density at radius 1 is 0.585 bits per heavy atom. The van der Waals surface area contributed by atoms with Crippen molar-refractivity contribution in [1.82, 2.24) is 0 Å². The normalized spacial score (nSPS) is 16.5. The largest absolute Gasteiger partial charge is 0.456 e. The molecule has 1 atom stereocenters. The average molecular weight is 523 g/mol. The summed E-state index contributed by atoms with van der Waals surface area (Å²) in [5, 5.41) is 10.1. The van der Waals surface area contributed by atoms with Crippen LogP contribution in [0.2, 0.25) is 0 Å². The molecule has 7 aromatic rings. The first-order valence-electron chi connectivity index (χ1n) is 14.4. The molecule has 1 unspecified atom stereocenters. The highest BCUT2D eigenvalue weighted by atomic mass is 16.3. The molecule has 0 N–H and O–H groups in total. The minimum absolute atomic E-state index is 0.486. The Morgan fingerprint density at radius 2 is 1.27 bits per heavy atom. The van der Waals surface area contributed by atoms with E-state index >= 15 is 0 Å². The second kappa shape index (κ2) is 8.68. The van der Waals surface area contributed by atoms with Crippen molar-refractivity contribution in [2.24, 2.45) is 5.92 Å². The van der Waals surface area contributed by atoms with Gasteiger partial charge < -0.3 is 4.42 Å². The Hall–Kier alpha value is -5.14. The first-order chi connectivity index (χ1) is 20.3. The molecule has 0 fully saturated rings. The summed E-state index contributed by atoms with van der Waals surface area (Å²) in [6, 6.07) is 37.5. The summed E-state index contributed by atoms with van der Waals surface area (Å²) in [4.78, 5) is 0. The van der Waals surface area contributed by atoms with Crippen molar-refractivity contribution in [2.75, 3.05) is 0 Å². The van der Waals surface area contributed by atoms with Gasteiger partial charge in [0.1, 0.15) is 11.2 Å². The molecule has 1 heteroatoms. The van der Waals surface area contributed by atoms with E-state index in [0.29, 0.717) is 5.92 Å². The van der Waals surface area contributed by atoms with Crippen LogP contribution in [0.3, 0.4) is 0 Å². The number of benzene rings is 6. The molecular weight excluding hydrogens is 496 g/mol. The summed E-state index contributed by atoms with van der Waals surface area (Å²) in [5.41, 5.74) is 8.33. The zero-order valence-electron chi connectivity index (χ0n) is 22.5. The molecule has 0 bridgehead atoms. The van der Waals surface area contributed by atoms with Gasteiger partial charge in [-0.15, -0.1) is 0 Å². The van der Waals surface area contributed by atoms with Crippen molar-refractivity contribution in [1.29, 1.82) is 0 Å². The molecule has 1 aromatic heterocycles. The summed E-state index contributed by atoms with van der Waals surface area (Å²) in [6.45, 7) is 0. The van der Waals surface area contributed by atoms with Crippen LogP contribution in [0.4, 0.5) is 0 Å². The smallest absolute Gasteiger partial charge is 0.135 e. The molecule has 9 rings (SSSR count). The highest BCUT2D eigenvalue weighted by Crippen LogP contribution is 2.43. The zero-order chi connectivity index (χ0) is 26.9. The molecule has 192 valence electrons. The van der Waals surface area contributed by atoms with Gasteiger partial charge in [0.25, 0.3) is 0 Å². The van der Waals surface area contributed by atoms with Crippen LogP contribution in [0.15, 0.2) is 150 Å². The predicted molar refractivity (Wildman–Crippen MR) is 174 cm³/mol. The lowest BCUT2D eigenvalue weighted by Crippen LogP contribution is -2.05. The van der Waals surface area contributed by atoms with E-state index in [1.54, 1.807) is 0 Å². The maximum atomic E-state index is 6.15. The van der Waals surface area contributed by atoms with Crippen molar-refractivity contribution in [3.8, 4) is 11.1 Å². The SMILES string of the molecule is C1=CC2=CC(c3cc4cc(-c5ccc6oc7ccccc7c6c5)c5ccccc5c4c4ccccc34)=CCC2C=C1. The summed E-state index contributed by atoms with van der Waals surface area (Å²) in [7, 11) is 0. The Balaban J connectivity index is 1.34. The van der Waals surface area contributed by atoms with Crippen molar-refractivity contribution in [3.05, 3.63) is 151 Å². The molecule has 0 saturated carbocycles. The first-order valence-corrected chi connectivity index (χ1v) is 14.4. The van der Waals surface area contributed by atoms with Crippen LogP contribution in [0.5, 0.6) is 0 Å². The van der Waals surface area contributed by atoms with E-state index < -0.39 is 0 Å². The number of furan rings is 1. The van der Waals surface area contributed by atoms with E-state index in [0.717, 1.165) is 28.4 Å². The molecule has 0 saturated heterocycles. The highest BCUT2D eigenvalue weighted by molar-refractivity contribution is 6.25. The molecule has 2 aliphatic rings. The van der Waals surface area contributed by atoms with Crippen molar-refractivity contribution in [3.63, 3.8) is 0 Å². The minimum atomic E-state index is 0.486. The van der Waals surface area contributed by atoms with E-state index in [4.69, 9.17) is 4.42 Å². The second-order valence-corrected chi connectivity index (χ2v) is 11.2. The lowest BCUT2D eigenvalue weighted by atomic mass is 9.82. The summed E-state index contributed by atoms with van der Waals surface area (Å²) in [5.74, 6) is 0.486. The maximum absolute atomic E-state index is 6.15. The Morgan fingerprint density at radius 3 is 2.10 bits per heavy atom. The van der Waals surface area contributed by atoms with Crippen molar-refractivity contribution >= 4 is 59.8 Å². The second-order valence-electron chi connectivity index (χ2n) is 11.2. The van der Waals surface area contributed by atoms with Crippen molar-refractivity contribution in [2.45, 2.75) is 6.42 Å². The van der Waals surface area contributed by atoms with Crippen LogP contribution in [-0.2, 0) is 0 Å². The van der Waals surface area contributed by atoms with Crippen LogP contribution in [0.25, 0.3) is 71.0 Å². The number of rotatable bonds is 2. The lowest BCUT2D eigenvalue weighted by molar-refractivity contribution is 0.669. The van der Waals surface area contributed by atoms with E-state index in [2.05, 4.69) is 127 Å². The van der Waals surface area contributed by atoms with E-state index in [1.807, 2.05) is 12.1 Å². The molecule has 0 amide bonds. The fourth-order valence-electron chi connectivity index (χ4n) is 7.00. The summed E-state index contributed by atoms with van der Waals surface area (Å²) >= 11 is 0. The molecule has 0 spiro atoms. The molecule has 2 aliphatic carbocycles. The third kappa shape index (κ3) is 3.42. The van der Waals surface area contributed by atoms with Gasteiger partial charge in [-0.1, -0.05) is 109 Å². The van der Waals surface area contributed by atoms with Crippen LogP contribution in [-0.4, -0.2) is 0 Å². The van der Waals surface area contributed by atoms with Crippen molar-refractivity contribution < 1.29 is 4.42 Å². The number of allylic oxidation sites excluding steroid dienone is 8. The Labute approximate surface area is 238 Å². The summed E-state index contributed by atoms with van der Waals surface area (Å²) < 4.78 is 6.15. The zero-order valence-corrected chi connectivity index (χ0v) is 22.5. The Kier molecular flexibility index (Phi) is 4.80. The molecular formula is C40H26O. The quantitative estimate of drug-likeness (QED) is 0.206. The highest BCUT2D eigenvalue weighted by Gasteiger charge is 2.19. The van der Waals surface area contributed by atoms with Crippen LogP contribution in [0, 0.1) is 5.92 Å². The third-order valence-corrected chi connectivity index (χ3v) is 8.95. The minimum Gasteiger partial charge on any atom is -0.456 e. The summed E-state index contributed by atoms with van der Waals surface area (Å²) in [6.07, 6.45) is 14.8. The van der Waals surface area contributed by atoms with Gasteiger partial charge in [0.05, 0.1) is 0 Å². The fourth-order valence-corrected chi connectivity index (χ4v) is 7.00. The average Bonchev–Trinajstić information content (AvgIpc) is 3.41. The molecule has 1 nitrogen and oxygen atoms in total. The number of para-hydroxylation sites is 1. The number of hydrogen-bond donors (Lipinski definition) is 0. The standard InChI is InChI=1S/C40H26O/c1-2-10-26-21-27(18-17-25(26)9-1)35-23-29-24-36(28-19-20-39-37(22-28)32-13-7-8-16-38(32)41-39)31-12-4-6-15-34(31)40(29)33-14-5-3-11-30(33)35/h1-16,18-25H,17H2. The fraction of sp³-hybridized carbons (Fsp3) is 0.0500. The van der Waals surface area contributed by atoms with Gasteiger partial charge >= 0.3 is 0 Å². The monoisotopic (exact) mass is 522 g/mol. The van der Waals surface area contributed by atoms with Crippen LogP contribution >= 0.6 is 0 Å². The van der Waals surface area contributed by atoms with Gasteiger partial charge in [0.15, 0.2) is 0 Å². The van der Waals surface area contributed by atoms with Gasteiger partial charge in [-0.2, -0.15) is 0 Å². The molecule has 1 heterocycles. The Bertz CT molecular complexity index is 2340.